The van der Waals surface area contributed by atoms with Crippen LogP contribution in [0.25, 0.3) is 10.9 Å². The number of benzene rings is 2. The third kappa shape index (κ3) is 31.2. The zero-order chi connectivity index (χ0) is 83.0. The van der Waals surface area contributed by atoms with Gasteiger partial charge in [0.2, 0.25) is 59.1 Å². The number of thioether (sulfide) groups is 1. The van der Waals surface area contributed by atoms with Crippen molar-refractivity contribution in [3.8, 4) is 0 Å². The lowest BCUT2D eigenvalue weighted by Crippen LogP contribution is -2.60. The van der Waals surface area contributed by atoms with Crippen LogP contribution in [0.1, 0.15) is 83.3 Å². The van der Waals surface area contributed by atoms with Crippen molar-refractivity contribution in [2.45, 2.75) is 141 Å². The number of hydrogen-bond donors (Lipinski definition) is 16. The molecular weight excluding hydrogens is 1500 g/mol. The van der Waals surface area contributed by atoms with Gasteiger partial charge in [0.15, 0.2) is 0 Å². The predicted molar refractivity (Wildman–Crippen MR) is 423 cm³/mol. The lowest BCUT2D eigenvalue weighted by molar-refractivity contribution is -0.140. The van der Waals surface area contributed by atoms with Gasteiger partial charge in [-0.1, -0.05) is 76.2 Å². The van der Waals surface area contributed by atoms with Gasteiger partial charge >= 0.3 is 17.9 Å². The van der Waals surface area contributed by atoms with E-state index in [4.69, 9.17) is 5.73 Å². The summed E-state index contributed by atoms with van der Waals surface area (Å²) in [6.45, 7) is 11.6. The lowest BCUT2D eigenvalue weighted by Gasteiger charge is -2.34. The van der Waals surface area contributed by atoms with Gasteiger partial charge in [0.05, 0.1) is 58.0 Å². The van der Waals surface area contributed by atoms with Gasteiger partial charge in [-0.05, 0) is 68.4 Å². The predicted octanol–water partition coefficient (Wildman–Crippen LogP) is -2.33. The Hall–Kier alpha value is -10.4. The monoisotopic (exact) mass is 1610 g/mol. The minimum Gasteiger partial charge on any atom is -0.480 e. The Balaban J connectivity index is 0.987. The number of carboxylic acid groups (broad SMARTS) is 3. The van der Waals surface area contributed by atoms with E-state index in [2.05, 4.69) is 72.8 Å². The molecule has 37 nitrogen and oxygen atoms in total. The van der Waals surface area contributed by atoms with E-state index in [0.29, 0.717) is 67.3 Å². The van der Waals surface area contributed by atoms with Crippen molar-refractivity contribution < 1.29 is 77.6 Å². The van der Waals surface area contributed by atoms with Crippen molar-refractivity contribution in [1.29, 1.82) is 0 Å². The van der Waals surface area contributed by atoms with Crippen molar-refractivity contribution in [3.63, 3.8) is 0 Å². The number of para-hydroxylation sites is 1. The number of nitrogens with two attached hydrogens (primary N) is 1. The second-order valence-electron chi connectivity index (χ2n) is 29.9. The van der Waals surface area contributed by atoms with Gasteiger partial charge in [-0.3, -0.25) is 91.7 Å². The zero-order valence-corrected chi connectivity index (χ0v) is 66.6. The Kier molecular flexibility index (Phi) is 36.7. The molecule has 2 aliphatic heterocycles. The molecule has 17 N–H and O–H groups in total. The van der Waals surface area contributed by atoms with Gasteiger partial charge in [0, 0.05) is 157 Å². The van der Waals surface area contributed by atoms with Gasteiger partial charge in [-0.15, -0.1) is 11.8 Å². The van der Waals surface area contributed by atoms with E-state index >= 15 is 4.79 Å². The van der Waals surface area contributed by atoms with Crippen LogP contribution in [0.3, 0.4) is 0 Å². The molecule has 8 atom stereocenters. The van der Waals surface area contributed by atoms with Crippen molar-refractivity contribution in [2.75, 3.05) is 123 Å². The highest BCUT2D eigenvalue weighted by Gasteiger charge is 2.36. The van der Waals surface area contributed by atoms with Crippen molar-refractivity contribution in [2.24, 2.45) is 17.6 Å². The third-order valence-electron chi connectivity index (χ3n) is 19.8. The highest BCUT2D eigenvalue weighted by Crippen LogP contribution is 2.21. The number of nitrogens with one attached hydrogen (secondary N) is 12. The van der Waals surface area contributed by atoms with E-state index in [9.17, 15) is 72.9 Å². The minimum atomic E-state index is -1.42. The normalized spacial score (nSPS) is 16.8. The molecule has 0 unspecified atom stereocenters. The molecule has 114 heavy (non-hydrogen) atoms. The molecule has 2 saturated heterocycles. The smallest absolute Gasteiger partial charge is 0.317 e. The maximum atomic E-state index is 15.0. The molecule has 0 aliphatic carbocycles. The number of nitrogens with zero attached hydrogens (tertiary/aromatic N) is 8. The summed E-state index contributed by atoms with van der Waals surface area (Å²) in [7, 11) is 0. The zero-order valence-electron chi connectivity index (χ0n) is 65.8. The number of likely N-dealkylation sites (tertiary alicyclic amines) is 1. The number of carbonyl (C=O) groups excluding carboxylic acids is 10. The van der Waals surface area contributed by atoms with E-state index in [1.807, 2.05) is 53.0 Å². The van der Waals surface area contributed by atoms with Gasteiger partial charge in [-0.2, -0.15) is 0 Å². The van der Waals surface area contributed by atoms with Crippen molar-refractivity contribution in [3.05, 3.63) is 108 Å². The first-order valence-corrected chi connectivity index (χ1v) is 39.8. The number of piperidine rings is 1. The average Bonchev–Trinajstić information content (AvgIpc) is 1.65. The minimum absolute atomic E-state index is 0.00210. The molecule has 2 aliphatic rings. The standard InChI is InChI=1S/C76H113N21O16S/c1-47(2)29-56(38-97(46-114-7)50(6)70(77)107)86-73(110)61(32-54-35-78-44-82-54)87-63(98)37-81-76(113)69(48(3)4)91-71(108)49(5)84-72(109)60(31-52-34-80-58-16-12-11-15-57(52)58)89-75(112)62(33-55-36-79-45-83-55)90-74(111)59(30-51-13-9-8-10-14-51)88-65(100)40-92-19-17-53(18-20-92)85-64(99)39-93-21-23-94(41-66(101)102)25-27-96(43-68(105)106)28-26-95(24-22-93)42-67(103)104/h8-16,34-36,44-45,47-50,53,56,59-62,69,80H,17-33,37-43,46H2,1-7H3,(H2,77,107)(H,78,82)(H,79,83)(H,81,113)(H,84,109)(H,85,99)(H,86,110)(H,87,98)(H,88,100)(H,89,112)(H,90,111)(H,91,108)(H,101,102)(H,103,104)(H,105,106)/t49-,50-,56-,59+,60-,61-,62-,69-/m0/s1. The van der Waals surface area contributed by atoms with Gasteiger partial charge < -0.3 is 83.9 Å². The maximum Gasteiger partial charge on any atom is 0.317 e. The first-order valence-electron chi connectivity index (χ1n) is 38.4. The molecule has 5 aromatic rings. The molecule has 0 bridgehead atoms. The van der Waals surface area contributed by atoms with Crippen LogP contribution in [0.2, 0.25) is 0 Å². The summed E-state index contributed by atoms with van der Waals surface area (Å²) in [4.78, 5) is 204. The lowest BCUT2D eigenvalue weighted by atomic mass is 10.0. The fraction of sp³-hybridized carbons (Fsp3) is 0.566. The second-order valence-corrected chi connectivity index (χ2v) is 30.7. The van der Waals surface area contributed by atoms with E-state index in [-0.39, 0.29) is 129 Å². The SMILES string of the molecule is CSCN(C[C@H](CC(C)C)NC(=O)[C@H](Cc1cnc[nH]1)NC(=O)CNC(=O)[C@@H](NC(=O)[C@H](C)NC(=O)[C@H](Cc1c[nH]c2ccccc12)NC(=O)[C@H](Cc1cnc[nH]1)NC(=O)[C@@H](Cc1ccccc1)NC(=O)CN1CCC(NC(=O)CN2CCN(CC(=O)O)CCN(CC(=O)O)CCN(CC(=O)O)CC2)CC1)C(C)C)[C@@H](C)C(N)=O. The first-order chi connectivity index (χ1) is 54.4. The number of primary amides is 1. The summed E-state index contributed by atoms with van der Waals surface area (Å²) >= 11 is 1.49. The molecule has 38 heteroatoms. The number of H-pyrrole nitrogens is 3. The molecule has 624 valence electrons. The maximum absolute atomic E-state index is 15.0. The van der Waals surface area contributed by atoms with E-state index in [0.717, 1.165) is 10.9 Å². The Labute approximate surface area is 666 Å². The number of aromatic amines is 3. The average molecular weight is 1610 g/mol. The Morgan fingerprint density at radius 3 is 1.51 bits per heavy atom. The number of carbonyl (C=O) groups is 13. The highest BCUT2D eigenvalue weighted by molar-refractivity contribution is 7.98. The van der Waals surface area contributed by atoms with E-state index in [1.54, 1.807) is 78.1 Å². The molecule has 2 aromatic carbocycles. The fourth-order valence-corrected chi connectivity index (χ4v) is 14.3. The molecule has 2 fully saturated rings. The van der Waals surface area contributed by atoms with Gasteiger partial charge in [0.1, 0.15) is 36.3 Å². The molecule has 0 saturated carbocycles. The number of fused-ring (bicyclic) bond motifs is 1. The number of aromatic nitrogens is 5. The number of hydrogen-bond acceptors (Lipinski definition) is 22. The Morgan fingerprint density at radius 1 is 0.526 bits per heavy atom. The second kappa shape index (κ2) is 46.1. The number of carboxylic acids is 3. The molecule has 0 radical (unpaired) electrons. The summed E-state index contributed by atoms with van der Waals surface area (Å²) in [6.07, 6.45) is 10.5. The largest absolute Gasteiger partial charge is 0.480 e. The van der Waals surface area contributed by atoms with Crippen LogP contribution in [0, 0.1) is 11.8 Å². The number of rotatable bonds is 43. The molecule has 7 rings (SSSR count). The van der Waals surface area contributed by atoms with Gasteiger partial charge in [-0.25, -0.2) is 9.97 Å². The molecule has 5 heterocycles. The summed E-state index contributed by atoms with van der Waals surface area (Å²) in [5, 5.41) is 55.0. The Bertz CT molecular complexity index is 3940. The fourth-order valence-electron chi connectivity index (χ4n) is 13.6. The summed E-state index contributed by atoms with van der Waals surface area (Å²) in [6, 6.07) is 7.02. The highest BCUT2D eigenvalue weighted by atomic mass is 32.2. The number of amides is 10. The van der Waals surface area contributed by atoms with E-state index < -0.39 is 132 Å². The molecule has 3 aromatic heterocycles. The third-order valence-corrected chi connectivity index (χ3v) is 20.4. The first kappa shape index (κ1) is 90.8. The molecule has 0 spiro atoms. The molecular formula is C76H113N21O16S. The number of aliphatic carboxylic acids is 3. The molecule has 10 amide bonds. The van der Waals surface area contributed by atoms with Gasteiger partial charge in [0.25, 0.3) is 0 Å². The van der Waals surface area contributed by atoms with Crippen LogP contribution in [0.5, 0.6) is 0 Å². The van der Waals surface area contributed by atoms with Crippen LogP contribution < -0.4 is 53.6 Å². The van der Waals surface area contributed by atoms with Crippen molar-refractivity contribution in [1.82, 2.24) is 102 Å². The van der Waals surface area contributed by atoms with Crippen LogP contribution in [-0.2, 0) is 88.0 Å². The topological polar surface area (TPSA) is 509 Å². The van der Waals surface area contributed by atoms with E-state index in [1.165, 1.54) is 43.7 Å². The summed E-state index contributed by atoms with van der Waals surface area (Å²) < 4.78 is 0. The number of imidazole rings is 2. The summed E-state index contributed by atoms with van der Waals surface area (Å²) in [5.41, 5.74) is 8.66. The van der Waals surface area contributed by atoms with Crippen LogP contribution in [0.15, 0.2) is 85.8 Å². The Morgan fingerprint density at radius 2 is 1.00 bits per heavy atom. The quantitative estimate of drug-likeness (QED) is 0.0182. The van der Waals surface area contributed by atoms with Crippen LogP contribution in [0.4, 0.5) is 0 Å². The van der Waals surface area contributed by atoms with Crippen LogP contribution >= 0.6 is 11.8 Å². The summed E-state index contributed by atoms with van der Waals surface area (Å²) in [5.74, 6) is -9.70. The van der Waals surface area contributed by atoms with Crippen molar-refractivity contribution >= 4 is 99.6 Å². The van der Waals surface area contributed by atoms with Crippen LogP contribution in [-0.4, -0.2) is 324 Å².